The molecule has 1 aromatic carbocycles. The summed E-state index contributed by atoms with van der Waals surface area (Å²) in [6.07, 6.45) is 2.09. The Balaban J connectivity index is 1.82. The van der Waals surface area contributed by atoms with Crippen molar-refractivity contribution in [3.05, 3.63) is 30.1 Å². The highest BCUT2D eigenvalue weighted by atomic mass is 19.1. The minimum absolute atomic E-state index is 0.0267. The molecular formula is C17H24FN5O2. The molecule has 7 nitrogen and oxygen atoms in total. The zero-order valence-electron chi connectivity index (χ0n) is 14.3. The van der Waals surface area contributed by atoms with Gasteiger partial charge in [-0.15, -0.1) is 0 Å². The molecular weight excluding hydrogens is 325 g/mol. The van der Waals surface area contributed by atoms with Gasteiger partial charge in [0.25, 0.3) is 0 Å². The van der Waals surface area contributed by atoms with Gasteiger partial charge in [0, 0.05) is 25.3 Å². The minimum atomic E-state index is -0.364. The molecule has 1 fully saturated rings. The van der Waals surface area contributed by atoms with Crippen LogP contribution >= 0.6 is 0 Å². The van der Waals surface area contributed by atoms with Gasteiger partial charge in [-0.2, -0.15) is 0 Å². The van der Waals surface area contributed by atoms with E-state index in [0.29, 0.717) is 18.2 Å². The fourth-order valence-corrected chi connectivity index (χ4v) is 2.46. The molecule has 1 heterocycles. The molecule has 2 amide bonds. The second-order valence-corrected chi connectivity index (χ2v) is 5.69. The van der Waals surface area contributed by atoms with E-state index >= 15 is 0 Å². The molecule has 1 aliphatic rings. The molecule has 1 aromatic rings. The Labute approximate surface area is 146 Å². The highest BCUT2D eigenvalue weighted by Crippen LogP contribution is 2.08. The normalized spacial score (nSPS) is 14.3. The van der Waals surface area contributed by atoms with Crippen LogP contribution in [0, 0.1) is 5.82 Å². The van der Waals surface area contributed by atoms with E-state index in [-0.39, 0.29) is 30.7 Å². The summed E-state index contributed by atoms with van der Waals surface area (Å²) >= 11 is 0. The molecule has 0 saturated carbocycles. The molecule has 0 bridgehead atoms. The second-order valence-electron chi connectivity index (χ2n) is 5.69. The first kappa shape index (κ1) is 18.7. The van der Waals surface area contributed by atoms with Gasteiger partial charge in [0.05, 0.1) is 6.54 Å². The Morgan fingerprint density at radius 1 is 1.16 bits per heavy atom. The summed E-state index contributed by atoms with van der Waals surface area (Å²) in [6.45, 7) is 4.15. The Kier molecular flexibility index (Phi) is 7.18. The lowest BCUT2D eigenvalue weighted by Gasteiger charge is -2.17. The van der Waals surface area contributed by atoms with Crippen LogP contribution in [0.2, 0.25) is 0 Å². The van der Waals surface area contributed by atoms with Crippen LogP contribution < -0.4 is 16.0 Å². The van der Waals surface area contributed by atoms with E-state index in [1.807, 2.05) is 11.8 Å². The first-order chi connectivity index (χ1) is 12.1. The van der Waals surface area contributed by atoms with Crippen molar-refractivity contribution in [1.29, 1.82) is 0 Å². The smallest absolute Gasteiger partial charge is 0.246 e. The Bertz CT molecular complexity index is 612. The predicted octanol–water partition coefficient (Wildman–Crippen LogP) is 0.942. The summed E-state index contributed by atoms with van der Waals surface area (Å²) in [4.78, 5) is 29.9. The molecule has 1 aliphatic heterocycles. The van der Waals surface area contributed by atoms with Crippen LogP contribution in [-0.2, 0) is 9.59 Å². The van der Waals surface area contributed by atoms with Crippen molar-refractivity contribution in [2.24, 2.45) is 4.99 Å². The molecule has 2 rings (SSSR count). The zero-order chi connectivity index (χ0) is 18.1. The molecule has 0 spiro atoms. The van der Waals surface area contributed by atoms with Crippen molar-refractivity contribution in [2.75, 3.05) is 38.0 Å². The molecule has 25 heavy (non-hydrogen) atoms. The van der Waals surface area contributed by atoms with E-state index in [2.05, 4.69) is 20.9 Å². The summed E-state index contributed by atoms with van der Waals surface area (Å²) in [5.41, 5.74) is 0.503. The fraction of sp³-hybridized carbons (Fsp3) is 0.471. The molecule has 0 unspecified atom stereocenters. The Morgan fingerprint density at radius 3 is 2.48 bits per heavy atom. The van der Waals surface area contributed by atoms with Crippen LogP contribution in [-0.4, -0.2) is 55.4 Å². The van der Waals surface area contributed by atoms with E-state index in [0.717, 1.165) is 25.9 Å². The van der Waals surface area contributed by atoms with Gasteiger partial charge in [0.15, 0.2) is 5.96 Å². The highest BCUT2D eigenvalue weighted by Gasteiger charge is 2.17. The summed E-state index contributed by atoms with van der Waals surface area (Å²) in [6, 6.07) is 5.51. The third kappa shape index (κ3) is 6.40. The molecule has 8 heteroatoms. The molecule has 0 aromatic heterocycles. The van der Waals surface area contributed by atoms with Gasteiger partial charge in [-0.05, 0) is 44.0 Å². The molecule has 0 atom stereocenters. The van der Waals surface area contributed by atoms with E-state index in [4.69, 9.17) is 0 Å². The van der Waals surface area contributed by atoms with Gasteiger partial charge < -0.3 is 20.9 Å². The Morgan fingerprint density at radius 2 is 1.84 bits per heavy atom. The molecule has 3 N–H and O–H groups in total. The quantitative estimate of drug-likeness (QED) is 0.527. The van der Waals surface area contributed by atoms with Crippen molar-refractivity contribution < 1.29 is 14.0 Å². The topological polar surface area (TPSA) is 85.8 Å². The predicted molar refractivity (Wildman–Crippen MR) is 94.8 cm³/mol. The van der Waals surface area contributed by atoms with E-state index in [1.165, 1.54) is 24.3 Å². The number of likely N-dealkylation sites (tertiary alicyclic amines) is 1. The van der Waals surface area contributed by atoms with E-state index < -0.39 is 0 Å². The first-order valence-corrected chi connectivity index (χ1v) is 8.44. The summed E-state index contributed by atoms with van der Waals surface area (Å²) in [5.74, 6) is -0.254. The van der Waals surface area contributed by atoms with Crippen molar-refractivity contribution in [3.63, 3.8) is 0 Å². The number of anilines is 1. The van der Waals surface area contributed by atoms with Gasteiger partial charge in [-0.25, -0.2) is 9.38 Å². The van der Waals surface area contributed by atoms with Crippen LogP contribution in [0.5, 0.6) is 0 Å². The maximum absolute atomic E-state index is 12.8. The number of nitrogens with zero attached hydrogens (tertiary/aromatic N) is 2. The van der Waals surface area contributed by atoms with E-state index in [9.17, 15) is 14.0 Å². The van der Waals surface area contributed by atoms with Crippen LogP contribution in [0.1, 0.15) is 19.8 Å². The Hall–Kier alpha value is -2.64. The largest absolute Gasteiger partial charge is 0.357 e. The van der Waals surface area contributed by atoms with Crippen molar-refractivity contribution in [1.82, 2.24) is 15.5 Å². The number of halogens is 1. The summed E-state index contributed by atoms with van der Waals surface area (Å²) in [5, 5.41) is 8.57. The maximum Gasteiger partial charge on any atom is 0.246 e. The lowest BCUT2D eigenvalue weighted by molar-refractivity contribution is -0.128. The summed E-state index contributed by atoms with van der Waals surface area (Å²) < 4.78 is 12.8. The molecule has 136 valence electrons. The fourth-order valence-electron chi connectivity index (χ4n) is 2.46. The first-order valence-electron chi connectivity index (χ1n) is 8.44. The number of benzene rings is 1. The maximum atomic E-state index is 12.8. The van der Waals surface area contributed by atoms with Gasteiger partial charge in [-0.3, -0.25) is 9.59 Å². The van der Waals surface area contributed by atoms with Gasteiger partial charge >= 0.3 is 0 Å². The summed E-state index contributed by atoms with van der Waals surface area (Å²) in [7, 11) is 0. The molecule has 1 saturated heterocycles. The van der Waals surface area contributed by atoms with Crippen LogP contribution in [0.3, 0.4) is 0 Å². The SMILES string of the molecule is CCNC(=NCC(=O)Nc1ccc(F)cc1)NCC(=O)N1CCCC1. The highest BCUT2D eigenvalue weighted by molar-refractivity contribution is 5.94. The second kappa shape index (κ2) is 9.61. The molecule has 0 radical (unpaired) electrons. The van der Waals surface area contributed by atoms with Gasteiger partial charge in [0.1, 0.15) is 12.4 Å². The number of guanidine groups is 1. The number of rotatable bonds is 6. The number of amides is 2. The number of hydrogen-bond donors (Lipinski definition) is 3. The number of hydrogen-bond acceptors (Lipinski definition) is 3. The van der Waals surface area contributed by atoms with Crippen molar-refractivity contribution in [2.45, 2.75) is 19.8 Å². The van der Waals surface area contributed by atoms with Gasteiger partial charge in [-0.1, -0.05) is 0 Å². The monoisotopic (exact) mass is 349 g/mol. The van der Waals surface area contributed by atoms with Crippen molar-refractivity contribution >= 4 is 23.5 Å². The standard InChI is InChI=1S/C17H24FN5O2/c1-2-19-17(21-12-16(25)23-9-3-4-10-23)20-11-15(24)22-14-7-5-13(18)6-8-14/h5-8H,2-4,9-12H2,1H3,(H,22,24)(H2,19,20,21). The van der Waals surface area contributed by atoms with Crippen LogP contribution in [0.25, 0.3) is 0 Å². The lowest BCUT2D eigenvalue weighted by atomic mass is 10.3. The van der Waals surface area contributed by atoms with E-state index in [1.54, 1.807) is 0 Å². The third-order valence-electron chi connectivity index (χ3n) is 3.72. The average molecular weight is 349 g/mol. The van der Waals surface area contributed by atoms with Crippen LogP contribution in [0.15, 0.2) is 29.3 Å². The van der Waals surface area contributed by atoms with Crippen molar-refractivity contribution in [3.8, 4) is 0 Å². The number of carbonyl (C=O) groups excluding carboxylic acids is 2. The average Bonchev–Trinajstić information content (AvgIpc) is 3.14. The number of aliphatic imine (C=N–C) groups is 1. The lowest BCUT2D eigenvalue weighted by Crippen LogP contribution is -2.44. The van der Waals surface area contributed by atoms with Gasteiger partial charge in [0.2, 0.25) is 11.8 Å². The minimum Gasteiger partial charge on any atom is -0.357 e. The number of nitrogens with one attached hydrogen (secondary N) is 3. The zero-order valence-corrected chi connectivity index (χ0v) is 14.3. The molecule has 0 aliphatic carbocycles. The third-order valence-corrected chi connectivity index (χ3v) is 3.72. The van der Waals surface area contributed by atoms with Crippen LogP contribution in [0.4, 0.5) is 10.1 Å². The number of carbonyl (C=O) groups is 2.